The molecule has 6 heteroatoms. The molecular weight excluding hydrogens is 258 g/mol. The van der Waals surface area contributed by atoms with E-state index in [4.69, 9.17) is 0 Å². The van der Waals surface area contributed by atoms with E-state index < -0.39 is 16.4 Å². The van der Waals surface area contributed by atoms with E-state index in [0.717, 1.165) is 6.42 Å². The number of hydrogen-bond acceptors (Lipinski definition) is 4. The Morgan fingerprint density at radius 3 is 2.50 bits per heavy atom. The Hall–Kier alpha value is -2.11. The van der Waals surface area contributed by atoms with E-state index in [2.05, 4.69) is 10.6 Å². The highest BCUT2D eigenvalue weighted by atomic mass is 16.6. The van der Waals surface area contributed by atoms with E-state index in [0.29, 0.717) is 12.2 Å². The van der Waals surface area contributed by atoms with Gasteiger partial charge in [-0.05, 0) is 39.3 Å². The first-order chi connectivity index (χ1) is 9.32. The molecule has 110 valence electrons. The van der Waals surface area contributed by atoms with Crippen molar-refractivity contribution in [2.45, 2.75) is 39.7 Å². The van der Waals surface area contributed by atoms with Crippen molar-refractivity contribution in [1.29, 1.82) is 0 Å². The zero-order valence-electron chi connectivity index (χ0n) is 12.3. The molecule has 20 heavy (non-hydrogen) atoms. The molecule has 0 aliphatic carbocycles. The number of nitrogens with zero attached hydrogens (tertiary/aromatic N) is 1. The van der Waals surface area contributed by atoms with Crippen LogP contribution in [0.25, 0.3) is 0 Å². The van der Waals surface area contributed by atoms with Crippen molar-refractivity contribution in [1.82, 2.24) is 5.32 Å². The maximum absolute atomic E-state index is 12.3. The largest absolute Gasteiger partial charge is 0.380 e. The molecule has 0 aliphatic heterocycles. The van der Waals surface area contributed by atoms with Gasteiger partial charge in [-0.25, -0.2) is 0 Å². The van der Waals surface area contributed by atoms with Gasteiger partial charge in [-0.2, -0.15) is 0 Å². The van der Waals surface area contributed by atoms with Crippen molar-refractivity contribution >= 4 is 17.3 Å². The molecule has 2 N–H and O–H groups in total. The summed E-state index contributed by atoms with van der Waals surface area (Å²) >= 11 is 0. The van der Waals surface area contributed by atoms with Crippen molar-refractivity contribution in [3.63, 3.8) is 0 Å². The van der Waals surface area contributed by atoms with Crippen LogP contribution in [0.1, 0.15) is 44.5 Å². The van der Waals surface area contributed by atoms with Crippen molar-refractivity contribution in [3.05, 3.63) is 33.9 Å². The van der Waals surface area contributed by atoms with Crippen LogP contribution in [-0.4, -0.2) is 22.9 Å². The highest BCUT2D eigenvalue weighted by Crippen LogP contribution is 2.29. The number of hydrogen-bond donors (Lipinski definition) is 2. The summed E-state index contributed by atoms with van der Waals surface area (Å²) in [5.74, 6) is -0.427. The molecule has 1 aromatic rings. The Kier molecular flexibility index (Phi) is 5.07. The maximum atomic E-state index is 12.3. The van der Waals surface area contributed by atoms with Crippen LogP contribution in [0.2, 0.25) is 0 Å². The monoisotopic (exact) mass is 279 g/mol. The third-order valence-electron chi connectivity index (χ3n) is 3.17. The normalized spacial score (nSPS) is 11.0. The first-order valence-corrected chi connectivity index (χ1v) is 6.66. The molecule has 0 fully saturated rings. The summed E-state index contributed by atoms with van der Waals surface area (Å²) in [6.45, 7) is 8.10. The molecule has 0 atom stereocenters. The molecular formula is C14H21N3O3. The van der Waals surface area contributed by atoms with Gasteiger partial charge in [-0.15, -0.1) is 0 Å². The quantitative estimate of drug-likeness (QED) is 0.619. The van der Waals surface area contributed by atoms with Crippen molar-refractivity contribution in [3.8, 4) is 0 Å². The average molecular weight is 279 g/mol. The Labute approximate surface area is 118 Å². The maximum Gasteiger partial charge on any atom is 0.305 e. The fourth-order valence-corrected chi connectivity index (χ4v) is 1.72. The summed E-state index contributed by atoms with van der Waals surface area (Å²) < 4.78 is 0. The number of nitro groups is 1. The molecule has 6 nitrogen and oxygen atoms in total. The molecule has 0 heterocycles. The lowest BCUT2D eigenvalue weighted by Crippen LogP contribution is -2.43. The van der Waals surface area contributed by atoms with Crippen molar-refractivity contribution in [2.75, 3.05) is 11.9 Å². The second kappa shape index (κ2) is 6.36. The smallest absolute Gasteiger partial charge is 0.305 e. The van der Waals surface area contributed by atoms with Gasteiger partial charge >= 0.3 is 5.69 Å². The van der Waals surface area contributed by atoms with Crippen LogP contribution in [0.4, 0.5) is 11.4 Å². The Bertz CT molecular complexity index is 512. The van der Waals surface area contributed by atoms with Crippen LogP contribution in [0.5, 0.6) is 0 Å². The van der Waals surface area contributed by atoms with Crippen LogP contribution >= 0.6 is 0 Å². The van der Waals surface area contributed by atoms with Gasteiger partial charge in [0.15, 0.2) is 0 Å². The second-order valence-corrected chi connectivity index (χ2v) is 5.18. The van der Waals surface area contributed by atoms with Crippen LogP contribution in [-0.2, 0) is 0 Å². The molecule has 0 bridgehead atoms. The molecule has 1 amide bonds. The first-order valence-electron chi connectivity index (χ1n) is 6.66. The highest BCUT2D eigenvalue weighted by Gasteiger charge is 2.27. The number of amides is 1. The van der Waals surface area contributed by atoms with Gasteiger partial charge in [0.1, 0.15) is 11.3 Å². The predicted octanol–water partition coefficient (Wildman–Crippen LogP) is 2.95. The second-order valence-electron chi connectivity index (χ2n) is 5.18. The zero-order chi connectivity index (χ0) is 15.3. The number of benzene rings is 1. The number of rotatable bonds is 6. The van der Waals surface area contributed by atoms with Crippen LogP contribution < -0.4 is 10.6 Å². The first kappa shape index (κ1) is 15.9. The molecule has 0 spiro atoms. The number of nitro benzene ring substituents is 1. The molecule has 1 aromatic carbocycles. The molecule has 0 saturated carbocycles. The van der Waals surface area contributed by atoms with Gasteiger partial charge in [-0.1, -0.05) is 13.0 Å². The molecule has 1 rings (SSSR count). The standard InChI is InChI=1S/C14H21N3O3/c1-5-14(3,4)16-13(18)10-8-7-9-11(15-6-2)12(10)17(19)20/h7-9,15H,5-6H2,1-4H3,(H,16,18). The summed E-state index contributed by atoms with van der Waals surface area (Å²) in [5, 5.41) is 17.0. The lowest BCUT2D eigenvalue weighted by atomic mass is 10.0. The third-order valence-corrected chi connectivity index (χ3v) is 3.17. The minimum Gasteiger partial charge on any atom is -0.380 e. The third kappa shape index (κ3) is 3.69. The van der Waals surface area contributed by atoms with E-state index in [9.17, 15) is 14.9 Å². The fraction of sp³-hybridized carbons (Fsp3) is 0.500. The fourth-order valence-electron chi connectivity index (χ4n) is 1.72. The molecule has 0 aromatic heterocycles. The SMILES string of the molecule is CCNc1cccc(C(=O)NC(C)(C)CC)c1[N+](=O)[O-]. The van der Waals surface area contributed by atoms with Crippen LogP contribution in [0.3, 0.4) is 0 Å². The molecule has 0 aliphatic rings. The van der Waals surface area contributed by atoms with Gasteiger partial charge in [0, 0.05) is 12.1 Å². The molecule has 0 radical (unpaired) electrons. The minimum absolute atomic E-state index is 0.0787. The Morgan fingerprint density at radius 2 is 2.00 bits per heavy atom. The highest BCUT2D eigenvalue weighted by molar-refractivity contribution is 6.00. The van der Waals surface area contributed by atoms with Crippen LogP contribution in [0, 0.1) is 10.1 Å². The minimum atomic E-state index is -0.522. The summed E-state index contributed by atoms with van der Waals surface area (Å²) in [6.07, 6.45) is 0.736. The Balaban J connectivity index is 3.20. The Morgan fingerprint density at radius 1 is 1.35 bits per heavy atom. The van der Waals surface area contributed by atoms with Gasteiger partial charge in [0.05, 0.1) is 4.92 Å². The summed E-state index contributed by atoms with van der Waals surface area (Å²) in [6, 6.07) is 4.71. The lowest BCUT2D eigenvalue weighted by molar-refractivity contribution is -0.384. The van der Waals surface area contributed by atoms with Crippen molar-refractivity contribution in [2.24, 2.45) is 0 Å². The van der Waals surface area contributed by atoms with E-state index in [1.54, 1.807) is 12.1 Å². The van der Waals surface area contributed by atoms with E-state index in [-0.39, 0.29) is 11.3 Å². The average Bonchev–Trinajstić information content (AvgIpc) is 2.38. The van der Waals surface area contributed by atoms with Gasteiger partial charge in [0.2, 0.25) is 0 Å². The predicted molar refractivity (Wildman–Crippen MR) is 79.1 cm³/mol. The van der Waals surface area contributed by atoms with Crippen molar-refractivity contribution < 1.29 is 9.72 Å². The van der Waals surface area contributed by atoms with Gasteiger partial charge in [0.25, 0.3) is 5.91 Å². The van der Waals surface area contributed by atoms with Crippen LogP contribution in [0.15, 0.2) is 18.2 Å². The molecule has 0 unspecified atom stereocenters. The number of carbonyl (C=O) groups excluding carboxylic acids is 1. The van der Waals surface area contributed by atoms with E-state index >= 15 is 0 Å². The summed E-state index contributed by atoms with van der Waals surface area (Å²) in [7, 11) is 0. The molecule has 0 saturated heterocycles. The number of anilines is 1. The zero-order valence-corrected chi connectivity index (χ0v) is 12.3. The summed E-state index contributed by atoms with van der Waals surface area (Å²) in [5.41, 5.74) is -0.146. The van der Waals surface area contributed by atoms with E-state index in [1.807, 2.05) is 27.7 Å². The number of para-hydroxylation sites is 1. The lowest BCUT2D eigenvalue weighted by Gasteiger charge is -2.24. The summed E-state index contributed by atoms with van der Waals surface area (Å²) in [4.78, 5) is 23.0. The topological polar surface area (TPSA) is 84.3 Å². The van der Waals surface area contributed by atoms with Gasteiger partial charge < -0.3 is 10.6 Å². The van der Waals surface area contributed by atoms with Gasteiger partial charge in [-0.3, -0.25) is 14.9 Å². The van der Waals surface area contributed by atoms with E-state index in [1.165, 1.54) is 6.07 Å². The number of nitrogens with one attached hydrogen (secondary N) is 2. The number of carbonyl (C=O) groups is 1.